The second-order valence-electron chi connectivity index (χ2n) is 14.2. The molecule has 0 aliphatic rings. The molecule has 6 heterocycles. The highest BCUT2D eigenvalue weighted by atomic mass is 32.1. The van der Waals surface area contributed by atoms with Gasteiger partial charge in [-0.3, -0.25) is 0 Å². The predicted molar refractivity (Wildman–Crippen MR) is 220 cm³/mol. The average Bonchev–Trinajstić information content (AvgIpc) is 3.98. The molecule has 0 saturated carbocycles. The molecular formula is C43H30N6O4S2. The van der Waals surface area contributed by atoms with Crippen LogP contribution in [0.15, 0.2) is 109 Å². The van der Waals surface area contributed by atoms with Crippen LogP contribution in [-0.4, -0.2) is 54.0 Å². The molecule has 55 heavy (non-hydrogen) atoms. The van der Waals surface area contributed by atoms with Crippen molar-refractivity contribution in [2.24, 2.45) is 0 Å². The number of aromatic nitrogens is 6. The van der Waals surface area contributed by atoms with Crippen LogP contribution in [0.3, 0.4) is 0 Å². The summed E-state index contributed by atoms with van der Waals surface area (Å²) in [5.41, 5.74) is 7.97. The molecule has 0 bridgehead atoms. The number of carbonyl (C=O) groups is 2. The van der Waals surface area contributed by atoms with Gasteiger partial charge < -0.3 is 9.47 Å². The van der Waals surface area contributed by atoms with E-state index in [1.807, 2.05) is 87.5 Å². The number of carbonyl (C=O) groups excluding carboxylic acids is 2. The first-order valence-corrected chi connectivity index (χ1v) is 19.2. The summed E-state index contributed by atoms with van der Waals surface area (Å²) in [5, 5.41) is 1.68. The normalized spacial score (nSPS) is 12.1. The van der Waals surface area contributed by atoms with E-state index in [2.05, 4.69) is 42.5 Å². The van der Waals surface area contributed by atoms with Crippen LogP contribution in [0.2, 0.25) is 0 Å². The van der Waals surface area contributed by atoms with Crippen LogP contribution in [0.25, 0.3) is 96.8 Å². The zero-order chi connectivity index (χ0) is 37.6. The molecule has 0 amide bonds. The van der Waals surface area contributed by atoms with Crippen LogP contribution in [0.5, 0.6) is 0 Å². The SMILES string of the molecule is COC(=O)n1c2ccccc2c2nc3cc(-c4ccc(-c5ccc(-c6ccc7nc8c(nc7c6)c6ccccc6n8C(=O)OC(C)(C)C)s5)s4)ccc3nc21. The fraction of sp³-hybridized carbons (Fsp3) is 0.116. The molecule has 0 N–H and O–H groups in total. The lowest BCUT2D eigenvalue weighted by atomic mass is 10.1. The Morgan fingerprint density at radius 2 is 1.00 bits per heavy atom. The van der Waals surface area contributed by atoms with Crippen LogP contribution in [0, 0.1) is 0 Å². The van der Waals surface area contributed by atoms with E-state index < -0.39 is 17.8 Å². The molecule has 0 saturated heterocycles. The van der Waals surface area contributed by atoms with Gasteiger partial charge in [-0.2, -0.15) is 0 Å². The lowest BCUT2D eigenvalue weighted by Crippen LogP contribution is -2.27. The summed E-state index contributed by atoms with van der Waals surface area (Å²) in [6, 6.07) is 36.0. The van der Waals surface area contributed by atoms with E-state index in [0.717, 1.165) is 52.4 Å². The Bertz CT molecular complexity index is 3220. The number of benzene rings is 4. The van der Waals surface area contributed by atoms with Gasteiger partial charge in [0.25, 0.3) is 0 Å². The molecule has 0 aliphatic carbocycles. The van der Waals surface area contributed by atoms with Gasteiger partial charge >= 0.3 is 12.2 Å². The van der Waals surface area contributed by atoms with Crippen LogP contribution in [0.4, 0.5) is 9.59 Å². The summed E-state index contributed by atoms with van der Waals surface area (Å²) in [7, 11) is 1.36. The number of thiophene rings is 2. The van der Waals surface area contributed by atoms with Gasteiger partial charge in [-0.05, 0) is 92.6 Å². The molecule has 0 unspecified atom stereocenters. The molecule has 268 valence electrons. The molecule has 10 aromatic rings. The molecule has 12 heteroatoms. The highest BCUT2D eigenvalue weighted by Gasteiger charge is 2.25. The molecule has 4 aromatic carbocycles. The number of hydrogen-bond acceptors (Lipinski definition) is 10. The van der Waals surface area contributed by atoms with Crippen molar-refractivity contribution in [1.82, 2.24) is 29.1 Å². The fourth-order valence-corrected chi connectivity index (χ4v) is 9.15. The Hall–Kier alpha value is -6.50. The van der Waals surface area contributed by atoms with Gasteiger partial charge in [0.2, 0.25) is 0 Å². The van der Waals surface area contributed by atoms with Gasteiger partial charge in [-0.1, -0.05) is 48.5 Å². The zero-order valence-electron chi connectivity index (χ0n) is 30.0. The quantitative estimate of drug-likeness (QED) is 0.175. The first-order chi connectivity index (χ1) is 26.6. The molecule has 10 rings (SSSR count). The maximum atomic E-state index is 13.3. The van der Waals surface area contributed by atoms with Gasteiger partial charge in [-0.25, -0.2) is 38.7 Å². The van der Waals surface area contributed by atoms with Crippen molar-refractivity contribution in [2.75, 3.05) is 7.11 Å². The van der Waals surface area contributed by atoms with Crippen molar-refractivity contribution in [1.29, 1.82) is 0 Å². The lowest BCUT2D eigenvalue weighted by Gasteiger charge is -2.20. The van der Waals surface area contributed by atoms with E-state index in [4.69, 9.17) is 29.4 Å². The van der Waals surface area contributed by atoms with Crippen molar-refractivity contribution < 1.29 is 19.1 Å². The number of ether oxygens (including phenoxy) is 2. The average molecular weight is 759 g/mol. The van der Waals surface area contributed by atoms with Gasteiger partial charge in [0.1, 0.15) is 16.6 Å². The Morgan fingerprint density at radius 3 is 1.47 bits per heavy atom. The van der Waals surface area contributed by atoms with E-state index in [1.54, 1.807) is 22.7 Å². The number of rotatable bonds is 3. The van der Waals surface area contributed by atoms with Crippen LogP contribution in [-0.2, 0) is 9.47 Å². The van der Waals surface area contributed by atoms with Crippen molar-refractivity contribution >= 4 is 101 Å². The summed E-state index contributed by atoms with van der Waals surface area (Å²) >= 11 is 3.44. The minimum atomic E-state index is -0.657. The third-order valence-corrected chi connectivity index (χ3v) is 11.9. The third kappa shape index (κ3) is 5.44. The largest absolute Gasteiger partial charge is 0.452 e. The maximum Gasteiger partial charge on any atom is 0.420 e. The van der Waals surface area contributed by atoms with E-state index in [9.17, 15) is 9.59 Å². The standard InChI is InChI=1S/C43H30N6O4S2/c1-43(2,3)53-42(51)49-32-12-8-6-10-26(32)38-40(49)47-28-16-14-24(22-30(28)45-38)34-18-20-36(55-34)35-19-17-33(54-35)23-13-15-27-29(21-23)44-37-25-9-5-7-11-31(25)48(39(37)46-27)41(50)52-4/h5-22H,1-4H3. The minimum absolute atomic E-state index is 0.470. The van der Waals surface area contributed by atoms with Gasteiger partial charge in [0, 0.05) is 30.3 Å². The minimum Gasteiger partial charge on any atom is -0.452 e. The highest BCUT2D eigenvalue weighted by Crippen LogP contribution is 2.41. The van der Waals surface area contributed by atoms with Gasteiger partial charge in [0.05, 0.1) is 40.2 Å². The van der Waals surface area contributed by atoms with Crippen molar-refractivity contribution in [3.8, 4) is 30.6 Å². The molecule has 0 radical (unpaired) electrons. The Balaban J connectivity index is 0.977. The van der Waals surface area contributed by atoms with E-state index in [1.165, 1.54) is 16.2 Å². The third-order valence-electron chi connectivity index (χ3n) is 9.47. The molecule has 0 aliphatic heterocycles. The number of para-hydroxylation sites is 2. The van der Waals surface area contributed by atoms with E-state index >= 15 is 0 Å². The van der Waals surface area contributed by atoms with Crippen molar-refractivity contribution in [2.45, 2.75) is 26.4 Å². The number of methoxy groups -OCH3 is 1. The van der Waals surface area contributed by atoms with E-state index in [0.29, 0.717) is 44.4 Å². The zero-order valence-corrected chi connectivity index (χ0v) is 31.7. The molecule has 0 spiro atoms. The summed E-state index contributed by atoms with van der Waals surface area (Å²) in [6.07, 6.45) is -0.986. The number of nitrogens with zero attached hydrogens (tertiary/aromatic N) is 6. The lowest BCUT2D eigenvalue weighted by molar-refractivity contribution is 0.0550. The Kier molecular flexibility index (Phi) is 7.38. The first kappa shape index (κ1) is 33.1. The van der Waals surface area contributed by atoms with Crippen molar-refractivity contribution in [3.63, 3.8) is 0 Å². The second kappa shape index (κ2) is 12.3. The molecule has 6 aromatic heterocycles. The molecule has 0 fully saturated rings. The number of hydrogen-bond donors (Lipinski definition) is 0. The van der Waals surface area contributed by atoms with Crippen LogP contribution in [0.1, 0.15) is 20.8 Å². The summed E-state index contributed by atoms with van der Waals surface area (Å²) in [4.78, 5) is 50.4. The summed E-state index contributed by atoms with van der Waals surface area (Å²) < 4.78 is 13.8. The molecular weight excluding hydrogens is 729 g/mol. The maximum absolute atomic E-state index is 13.3. The van der Waals surface area contributed by atoms with Crippen LogP contribution < -0.4 is 0 Å². The fourth-order valence-electron chi connectivity index (χ4n) is 7.06. The molecule has 10 nitrogen and oxygen atoms in total. The summed E-state index contributed by atoms with van der Waals surface area (Å²) in [6.45, 7) is 5.55. The predicted octanol–water partition coefficient (Wildman–Crippen LogP) is 11.3. The second-order valence-corrected chi connectivity index (χ2v) is 16.3. The number of fused-ring (bicyclic) bond motifs is 8. The van der Waals surface area contributed by atoms with Gasteiger partial charge in [-0.15, -0.1) is 22.7 Å². The van der Waals surface area contributed by atoms with E-state index in [-0.39, 0.29) is 0 Å². The Morgan fingerprint density at radius 1 is 0.545 bits per heavy atom. The van der Waals surface area contributed by atoms with Crippen LogP contribution >= 0.6 is 22.7 Å². The highest BCUT2D eigenvalue weighted by molar-refractivity contribution is 7.25. The molecule has 0 atom stereocenters. The topological polar surface area (TPSA) is 114 Å². The summed E-state index contributed by atoms with van der Waals surface area (Å²) in [5.74, 6) is 0. The Labute approximate surface area is 321 Å². The monoisotopic (exact) mass is 758 g/mol. The smallest absolute Gasteiger partial charge is 0.420 e. The first-order valence-electron chi connectivity index (χ1n) is 17.6. The van der Waals surface area contributed by atoms with Gasteiger partial charge in [0.15, 0.2) is 11.3 Å². The van der Waals surface area contributed by atoms with Crippen molar-refractivity contribution in [3.05, 3.63) is 109 Å².